The quantitative estimate of drug-likeness (QED) is 0.134. The average molecular weight is 641 g/mol. The molecule has 0 spiro atoms. The largest absolute Gasteiger partial charge is 0.455 e. The lowest BCUT2D eigenvalue weighted by molar-refractivity contribution is 0.670. The van der Waals surface area contributed by atoms with Crippen LogP contribution in [-0.4, -0.2) is 9.97 Å². The fourth-order valence-corrected chi connectivity index (χ4v) is 7.05. The van der Waals surface area contributed by atoms with E-state index in [9.17, 15) is 0 Å². The molecule has 0 unspecified atom stereocenters. The molecular weight excluding hydrogens is 609 g/mol. The summed E-state index contributed by atoms with van der Waals surface area (Å²) >= 11 is 0. The van der Waals surface area contributed by atoms with Crippen LogP contribution in [0.1, 0.15) is 12.5 Å². The molecule has 3 heteroatoms. The van der Waals surface area contributed by atoms with Gasteiger partial charge in [0.1, 0.15) is 11.2 Å². The minimum atomic E-state index is 0.840. The van der Waals surface area contributed by atoms with Crippen LogP contribution in [0.3, 0.4) is 0 Å². The van der Waals surface area contributed by atoms with Crippen LogP contribution in [0.2, 0.25) is 0 Å². The second kappa shape index (κ2) is 12.1. The molecule has 0 saturated heterocycles. The fraction of sp³-hybridized carbons (Fsp3) is 0.0213. The van der Waals surface area contributed by atoms with Gasteiger partial charge in [0.25, 0.3) is 0 Å². The van der Waals surface area contributed by atoms with Gasteiger partial charge in [-0.2, -0.15) is 0 Å². The van der Waals surface area contributed by atoms with E-state index >= 15 is 0 Å². The normalized spacial score (nSPS) is 12.0. The first-order valence-electron chi connectivity index (χ1n) is 16.9. The maximum atomic E-state index is 6.62. The first-order chi connectivity index (χ1) is 24.7. The highest BCUT2D eigenvalue weighted by atomic mass is 16.3. The van der Waals surface area contributed by atoms with Crippen molar-refractivity contribution in [2.24, 2.45) is 0 Å². The molecule has 50 heavy (non-hydrogen) atoms. The van der Waals surface area contributed by atoms with E-state index in [0.717, 1.165) is 88.4 Å². The third-order valence-corrected chi connectivity index (χ3v) is 9.57. The lowest BCUT2D eigenvalue weighted by atomic mass is 9.94. The van der Waals surface area contributed by atoms with Crippen molar-refractivity contribution in [1.82, 2.24) is 9.97 Å². The molecule has 2 heterocycles. The third kappa shape index (κ3) is 4.99. The van der Waals surface area contributed by atoms with Crippen molar-refractivity contribution in [2.75, 3.05) is 0 Å². The molecule has 9 aromatic rings. The summed E-state index contributed by atoms with van der Waals surface area (Å²) < 4.78 is 6.62. The third-order valence-electron chi connectivity index (χ3n) is 9.57. The molecule has 0 aliphatic carbocycles. The molecule has 0 N–H and O–H groups in total. The van der Waals surface area contributed by atoms with Gasteiger partial charge in [0.15, 0.2) is 0 Å². The monoisotopic (exact) mass is 640 g/mol. The van der Waals surface area contributed by atoms with Gasteiger partial charge in [0.2, 0.25) is 0 Å². The SMILES string of the molecule is C=C(/C=C\C=C/C)c1ccc2oc3c(-c4ccc(-c5cnc6c7ccccc7c7ccccc7c6n5)cc4)cc(-c4ccccc4)cc3c2c1. The Labute approximate surface area is 290 Å². The average Bonchev–Trinajstić information content (AvgIpc) is 3.56. The number of aromatic nitrogens is 2. The molecule has 0 fully saturated rings. The van der Waals surface area contributed by atoms with E-state index in [1.54, 1.807) is 0 Å². The second-order valence-electron chi connectivity index (χ2n) is 12.6. The smallest absolute Gasteiger partial charge is 0.143 e. The Kier molecular flexibility index (Phi) is 7.18. The van der Waals surface area contributed by atoms with Crippen LogP contribution in [-0.2, 0) is 0 Å². The van der Waals surface area contributed by atoms with Gasteiger partial charge in [-0.3, -0.25) is 4.98 Å². The zero-order valence-corrected chi connectivity index (χ0v) is 27.6. The number of fused-ring (bicyclic) bond motifs is 9. The topological polar surface area (TPSA) is 38.9 Å². The predicted octanol–water partition coefficient (Wildman–Crippen LogP) is 13.0. The Morgan fingerprint density at radius 1 is 0.580 bits per heavy atom. The molecule has 9 rings (SSSR count). The van der Waals surface area contributed by atoms with Gasteiger partial charge >= 0.3 is 0 Å². The van der Waals surface area contributed by atoms with Crippen molar-refractivity contribution in [3.05, 3.63) is 176 Å². The van der Waals surface area contributed by atoms with Crippen LogP contribution in [0.15, 0.2) is 175 Å². The van der Waals surface area contributed by atoms with E-state index in [4.69, 9.17) is 14.4 Å². The van der Waals surface area contributed by atoms with E-state index < -0.39 is 0 Å². The van der Waals surface area contributed by atoms with Crippen LogP contribution in [0.5, 0.6) is 0 Å². The van der Waals surface area contributed by atoms with Gasteiger partial charge in [-0.05, 0) is 69.8 Å². The summed E-state index contributed by atoms with van der Waals surface area (Å²) in [7, 11) is 0. The van der Waals surface area contributed by atoms with E-state index in [-0.39, 0.29) is 0 Å². The first-order valence-corrected chi connectivity index (χ1v) is 16.9. The Bertz CT molecular complexity index is 2790. The Morgan fingerprint density at radius 2 is 1.26 bits per heavy atom. The number of rotatable bonds is 6. The van der Waals surface area contributed by atoms with Gasteiger partial charge in [-0.1, -0.05) is 140 Å². The highest BCUT2D eigenvalue weighted by Gasteiger charge is 2.17. The van der Waals surface area contributed by atoms with Crippen LogP contribution >= 0.6 is 0 Å². The lowest BCUT2D eigenvalue weighted by Gasteiger charge is -2.11. The minimum Gasteiger partial charge on any atom is -0.455 e. The Hall–Kier alpha value is -6.58. The second-order valence-corrected chi connectivity index (χ2v) is 12.6. The molecule has 0 atom stereocenters. The zero-order valence-electron chi connectivity index (χ0n) is 27.6. The number of allylic oxidation sites excluding steroid dienone is 5. The molecule has 0 bridgehead atoms. The molecule has 2 aromatic heterocycles. The highest BCUT2D eigenvalue weighted by Crippen LogP contribution is 2.41. The molecule has 0 amide bonds. The summed E-state index contributed by atoms with van der Waals surface area (Å²) in [5, 5.41) is 6.75. The summed E-state index contributed by atoms with van der Waals surface area (Å²) in [5.74, 6) is 0. The van der Waals surface area contributed by atoms with E-state index in [1.165, 1.54) is 10.8 Å². The maximum Gasteiger partial charge on any atom is 0.143 e. The predicted molar refractivity (Wildman–Crippen MR) is 211 cm³/mol. The van der Waals surface area contributed by atoms with Crippen molar-refractivity contribution in [2.45, 2.75) is 6.92 Å². The van der Waals surface area contributed by atoms with Crippen molar-refractivity contribution in [1.29, 1.82) is 0 Å². The minimum absolute atomic E-state index is 0.840. The van der Waals surface area contributed by atoms with Crippen LogP contribution in [0, 0.1) is 0 Å². The maximum absolute atomic E-state index is 6.62. The van der Waals surface area contributed by atoms with Gasteiger partial charge in [-0.25, -0.2) is 4.98 Å². The molecule has 0 aliphatic heterocycles. The van der Waals surface area contributed by atoms with E-state index in [0.29, 0.717) is 0 Å². The summed E-state index contributed by atoms with van der Waals surface area (Å²) in [6, 6.07) is 46.8. The molecule has 0 saturated carbocycles. The van der Waals surface area contributed by atoms with Gasteiger partial charge in [-0.15, -0.1) is 0 Å². The van der Waals surface area contributed by atoms with E-state index in [2.05, 4.69) is 140 Å². The van der Waals surface area contributed by atoms with Crippen molar-refractivity contribution < 1.29 is 4.42 Å². The number of hydrogen-bond acceptors (Lipinski definition) is 3. The molecule has 7 aromatic carbocycles. The highest BCUT2D eigenvalue weighted by molar-refractivity contribution is 6.23. The zero-order chi connectivity index (χ0) is 33.6. The summed E-state index contributed by atoms with van der Waals surface area (Å²) in [4.78, 5) is 10.2. The molecule has 3 nitrogen and oxygen atoms in total. The summed E-state index contributed by atoms with van der Waals surface area (Å²) in [6.07, 6.45) is 9.97. The van der Waals surface area contributed by atoms with Gasteiger partial charge < -0.3 is 4.42 Å². The number of nitrogens with zero attached hydrogens (tertiary/aromatic N) is 2. The summed E-state index contributed by atoms with van der Waals surface area (Å²) in [5.41, 5.74) is 11.8. The van der Waals surface area contributed by atoms with Crippen molar-refractivity contribution in [3.63, 3.8) is 0 Å². The standard InChI is InChI=1S/C47H32N2O/c1-3-4-6-13-30(2)34-24-25-44-41(26-34)42-28-35(31-14-7-5-8-15-31)27-40(47(42)50-44)32-20-22-33(23-21-32)43-29-48-45-38-18-11-9-16-36(38)37-17-10-12-19-39(37)46(45)49-43/h3-29H,2H2,1H3/b4-3-,13-6-. The number of hydrogen-bond donors (Lipinski definition) is 0. The Balaban J connectivity index is 1.18. The lowest BCUT2D eigenvalue weighted by Crippen LogP contribution is -1.92. The van der Waals surface area contributed by atoms with Crippen molar-refractivity contribution >= 4 is 60.1 Å². The molecule has 0 aliphatic rings. The van der Waals surface area contributed by atoms with E-state index in [1.807, 2.05) is 37.4 Å². The molecule has 0 radical (unpaired) electrons. The number of furan rings is 1. The molecule has 236 valence electrons. The fourth-order valence-electron chi connectivity index (χ4n) is 7.05. The van der Waals surface area contributed by atoms with Crippen LogP contribution < -0.4 is 0 Å². The van der Waals surface area contributed by atoms with Crippen molar-refractivity contribution in [3.8, 4) is 33.5 Å². The van der Waals surface area contributed by atoms with Gasteiger partial charge in [0, 0.05) is 32.7 Å². The van der Waals surface area contributed by atoms with Crippen LogP contribution in [0.4, 0.5) is 0 Å². The summed E-state index contributed by atoms with van der Waals surface area (Å²) in [6.45, 7) is 6.32. The number of benzene rings is 7. The Morgan fingerprint density at radius 3 is 2.00 bits per heavy atom. The first kappa shape index (κ1) is 29.6. The molecular formula is C47H32N2O. The van der Waals surface area contributed by atoms with Gasteiger partial charge in [0.05, 0.1) is 22.9 Å². The van der Waals surface area contributed by atoms with Crippen LogP contribution in [0.25, 0.3) is 93.6 Å².